The SMILES string of the molecule is CCNc1cc(C(F)(F)F)cc(NCCc2ccsc2)n1. The molecular weight excluding hydrogens is 299 g/mol. The number of nitrogens with zero attached hydrogens (tertiary/aromatic N) is 1. The highest BCUT2D eigenvalue weighted by atomic mass is 32.1. The fraction of sp³-hybridized carbons (Fsp3) is 0.357. The molecule has 0 atom stereocenters. The minimum Gasteiger partial charge on any atom is -0.370 e. The fourth-order valence-corrected chi connectivity index (χ4v) is 2.53. The van der Waals surface area contributed by atoms with E-state index >= 15 is 0 Å². The number of hydrogen-bond acceptors (Lipinski definition) is 4. The number of nitrogens with one attached hydrogen (secondary N) is 2. The molecule has 0 aliphatic carbocycles. The van der Waals surface area contributed by atoms with Crippen LogP contribution in [0.1, 0.15) is 18.1 Å². The van der Waals surface area contributed by atoms with E-state index in [1.165, 1.54) is 0 Å². The maximum atomic E-state index is 12.9. The lowest BCUT2D eigenvalue weighted by molar-refractivity contribution is -0.137. The first-order valence-corrected chi connectivity index (χ1v) is 7.51. The molecule has 0 fully saturated rings. The van der Waals surface area contributed by atoms with Crippen molar-refractivity contribution >= 4 is 23.0 Å². The van der Waals surface area contributed by atoms with E-state index < -0.39 is 11.7 Å². The highest BCUT2D eigenvalue weighted by Crippen LogP contribution is 2.32. The largest absolute Gasteiger partial charge is 0.416 e. The molecule has 2 aromatic heterocycles. The van der Waals surface area contributed by atoms with Crippen molar-refractivity contribution in [2.24, 2.45) is 0 Å². The molecule has 0 spiro atoms. The number of hydrogen-bond donors (Lipinski definition) is 2. The minimum atomic E-state index is -4.38. The zero-order chi connectivity index (χ0) is 15.3. The summed E-state index contributed by atoms with van der Waals surface area (Å²) in [5.74, 6) is 0.460. The van der Waals surface area contributed by atoms with Gasteiger partial charge in [-0.1, -0.05) is 0 Å². The Hall–Kier alpha value is -1.76. The maximum absolute atomic E-state index is 12.9. The number of aromatic nitrogens is 1. The summed E-state index contributed by atoms with van der Waals surface area (Å²) in [5, 5.41) is 9.76. The predicted molar refractivity (Wildman–Crippen MR) is 79.9 cm³/mol. The number of anilines is 2. The first-order chi connectivity index (χ1) is 9.99. The lowest BCUT2D eigenvalue weighted by atomic mass is 10.2. The summed E-state index contributed by atoms with van der Waals surface area (Å²) in [6.07, 6.45) is -3.63. The third kappa shape index (κ3) is 4.63. The molecule has 7 heteroatoms. The van der Waals surface area contributed by atoms with Crippen molar-refractivity contribution in [3.05, 3.63) is 40.1 Å². The van der Waals surface area contributed by atoms with Crippen molar-refractivity contribution in [1.29, 1.82) is 0 Å². The average Bonchev–Trinajstić information content (AvgIpc) is 2.91. The summed E-state index contributed by atoms with van der Waals surface area (Å²) < 4.78 is 38.6. The van der Waals surface area contributed by atoms with Crippen LogP contribution in [0.4, 0.5) is 24.8 Å². The first kappa shape index (κ1) is 15.6. The quantitative estimate of drug-likeness (QED) is 0.837. The molecule has 114 valence electrons. The van der Waals surface area contributed by atoms with Crippen molar-refractivity contribution in [3.63, 3.8) is 0 Å². The van der Waals surface area contributed by atoms with Gasteiger partial charge in [-0.15, -0.1) is 0 Å². The van der Waals surface area contributed by atoms with Gasteiger partial charge in [-0.2, -0.15) is 24.5 Å². The average molecular weight is 315 g/mol. The highest BCUT2D eigenvalue weighted by molar-refractivity contribution is 7.07. The van der Waals surface area contributed by atoms with E-state index in [0.29, 0.717) is 13.1 Å². The van der Waals surface area contributed by atoms with Gasteiger partial charge in [-0.05, 0) is 47.9 Å². The molecule has 0 bridgehead atoms. The standard InChI is InChI=1S/C14H16F3N3S/c1-2-18-12-7-11(14(15,16)17)8-13(20-12)19-5-3-10-4-6-21-9-10/h4,6-9H,2-3,5H2,1H3,(H2,18,19,20). The molecule has 2 N–H and O–H groups in total. The van der Waals surface area contributed by atoms with Crippen LogP contribution in [0, 0.1) is 0 Å². The Morgan fingerprint density at radius 3 is 2.48 bits per heavy atom. The summed E-state index contributed by atoms with van der Waals surface area (Å²) in [6.45, 7) is 2.87. The van der Waals surface area contributed by atoms with Gasteiger partial charge in [0.1, 0.15) is 11.6 Å². The third-order valence-corrected chi connectivity index (χ3v) is 3.54. The van der Waals surface area contributed by atoms with E-state index in [1.807, 2.05) is 23.8 Å². The number of alkyl halides is 3. The number of halogens is 3. The van der Waals surface area contributed by atoms with Gasteiger partial charge >= 0.3 is 6.18 Å². The zero-order valence-corrected chi connectivity index (χ0v) is 12.3. The Bertz CT molecular complexity index is 567. The van der Waals surface area contributed by atoms with Gasteiger partial charge in [0.15, 0.2) is 0 Å². The fourth-order valence-electron chi connectivity index (χ4n) is 1.83. The normalized spacial score (nSPS) is 11.4. The van der Waals surface area contributed by atoms with Crippen LogP contribution in [0.5, 0.6) is 0 Å². The van der Waals surface area contributed by atoms with Gasteiger partial charge < -0.3 is 10.6 Å². The van der Waals surface area contributed by atoms with Crippen LogP contribution in [0.25, 0.3) is 0 Å². The number of pyridine rings is 1. The van der Waals surface area contributed by atoms with Crippen molar-refractivity contribution in [1.82, 2.24) is 4.98 Å². The van der Waals surface area contributed by atoms with Gasteiger partial charge in [-0.3, -0.25) is 0 Å². The maximum Gasteiger partial charge on any atom is 0.416 e. The molecule has 2 heterocycles. The predicted octanol–water partition coefficient (Wildman–Crippen LogP) is 4.25. The summed E-state index contributed by atoms with van der Waals surface area (Å²) >= 11 is 1.60. The molecule has 0 saturated heterocycles. The summed E-state index contributed by atoms with van der Waals surface area (Å²) in [6, 6.07) is 4.05. The molecule has 0 saturated carbocycles. The summed E-state index contributed by atoms with van der Waals surface area (Å²) in [4.78, 5) is 4.14. The Kier molecular flexibility index (Phi) is 5.06. The van der Waals surface area contributed by atoms with Crippen molar-refractivity contribution in [3.8, 4) is 0 Å². The van der Waals surface area contributed by atoms with Crippen molar-refractivity contribution in [2.45, 2.75) is 19.5 Å². The van der Waals surface area contributed by atoms with E-state index in [-0.39, 0.29) is 11.6 Å². The summed E-state index contributed by atoms with van der Waals surface area (Å²) in [5.41, 5.74) is 0.456. The van der Waals surface area contributed by atoms with Gasteiger partial charge in [0.05, 0.1) is 5.56 Å². The Morgan fingerprint density at radius 2 is 1.90 bits per heavy atom. The van der Waals surface area contributed by atoms with E-state index in [2.05, 4.69) is 15.6 Å². The molecule has 0 aromatic carbocycles. The summed E-state index contributed by atoms with van der Waals surface area (Å²) in [7, 11) is 0. The highest BCUT2D eigenvalue weighted by Gasteiger charge is 2.31. The van der Waals surface area contributed by atoms with Crippen LogP contribution in [0.15, 0.2) is 29.0 Å². The smallest absolute Gasteiger partial charge is 0.370 e. The minimum absolute atomic E-state index is 0.227. The second kappa shape index (κ2) is 6.80. The van der Waals surface area contributed by atoms with Gasteiger partial charge in [0, 0.05) is 13.1 Å². The van der Waals surface area contributed by atoms with Crippen LogP contribution in [0.2, 0.25) is 0 Å². The number of thiophene rings is 1. The molecular formula is C14H16F3N3S. The Labute approximate surface area is 125 Å². The molecule has 3 nitrogen and oxygen atoms in total. The number of rotatable bonds is 6. The second-order valence-electron chi connectivity index (χ2n) is 4.46. The van der Waals surface area contributed by atoms with Crippen LogP contribution < -0.4 is 10.6 Å². The molecule has 0 unspecified atom stereocenters. The van der Waals surface area contributed by atoms with E-state index in [9.17, 15) is 13.2 Å². The van der Waals surface area contributed by atoms with Crippen LogP contribution in [0.3, 0.4) is 0 Å². The topological polar surface area (TPSA) is 37.0 Å². The molecule has 21 heavy (non-hydrogen) atoms. The van der Waals surface area contributed by atoms with E-state index in [4.69, 9.17) is 0 Å². The van der Waals surface area contributed by atoms with Crippen molar-refractivity contribution < 1.29 is 13.2 Å². The van der Waals surface area contributed by atoms with Crippen molar-refractivity contribution in [2.75, 3.05) is 23.7 Å². The van der Waals surface area contributed by atoms with Crippen LogP contribution in [-0.2, 0) is 12.6 Å². The van der Waals surface area contributed by atoms with E-state index in [1.54, 1.807) is 11.3 Å². The Balaban J connectivity index is 2.08. The van der Waals surface area contributed by atoms with E-state index in [0.717, 1.165) is 24.1 Å². The first-order valence-electron chi connectivity index (χ1n) is 6.57. The molecule has 2 aromatic rings. The molecule has 2 rings (SSSR count). The van der Waals surface area contributed by atoms with Crippen LogP contribution in [-0.4, -0.2) is 18.1 Å². The lowest BCUT2D eigenvalue weighted by Gasteiger charge is -2.13. The molecule has 0 aliphatic rings. The molecule has 0 aliphatic heterocycles. The second-order valence-corrected chi connectivity index (χ2v) is 5.24. The zero-order valence-electron chi connectivity index (χ0n) is 11.5. The molecule has 0 radical (unpaired) electrons. The van der Waals surface area contributed by atoms with Gasteiger partial charge in [0.2, 0.25) is 0 Å². The Morgan fingerprint density at radius 1 is 1.19 bits per heavy atom. The monoisotopic (exact) mass is 315 g/mol. The molecule has 0 amide bonds. The lowest BCUT2D eigenvalue weighted by Crippen LogP contribution is -2.12. The third-order valence-electron chi connectivity index (χ3n) is 2.81. The van der Waals surface area contributed by atoms with Gasteiger partial charge in [0.25, 0.3) is 0 Å². The van der Waals surface area contributed by atoms with Crippen LogP contribution >= 0.6 is 11.3 Å². The van der Waals surface area contributed by atoms with Gasteiger partial charge in [-0.25, -0.2) is 4.98 Å².